The summed E-state index contributed by atoms with van der Waals surface area (Å²) in [6, 6.07) is 16.5. The van der Waals surface area contributed by atoms with Crippen LogP contribution in [-0.2, 0) is 19.0 Å². The van der Waals surface area contributed by atoms with Crippen molar-refractivity contribution in [2.45, 2.75) is 41.6 Å². The summed E-state index contributed by atoms with van der Waals surface area (Å²) in [5.41, 5.74) is 8.54. The monoisotopic (exact) mass is 443 g/mol. The third-order valence-corrected chi connectivity index (χ3v) is 5.67. The number of benzene rings is 2. The molecule has 0 radical (unpaired) electrons. The number of thioether (sulfide) groups is 1. The highest BCUT2D eigenvalue weighted by atomic mass is 32.2. The number of aliphatic hydroxyl groups excluding tert-OH is 1. The van der Waals surface area contributed by atoms with Crippen LogP contribution >= 0.6 is 11.8 Å². The molecule has 0 aliphatic carbocycles. The van der Waals surface area contributed by atoms with E-state index in [1.807, 2.05) is 30.3 Å². The van der Waals surface area contributed by atoms with Gasteiger partial charge in [-0.1, -0.05) is 53.3 Å². The van der Waals surface area contributed by atoms with Crippen molar-refractivity contribution in [3.05, 3.63) is 76.7 Å². The van der Waals surface area contributed by atoms with Crippen molar-refractivity contribution in [2.75, 3.05) is 6.61 Å². The maximum Gasteiger partial charge on any atom is 0.338 e. The van der Waals surface area contributed by atoms with Gasteiger partial charge in [-0.05, 0) is 29.8 Å². The normalized spacial score (nSPS) is 25.2. The molecule has 2 aromatic rings. The zero-order valence-corrected chi connectivity index (χ0v) is 17.4. The van der Waals surface area contributed by atoms with Crippen LogP contribution in [-0.4, -0.2) is 53.4 Å². The number of azide groups is 1. The van der Waals surface area contributed by atoms with Crippen molar-refractivity contribution in [2.24, 2.45) is 5.11 Å². The molecule has 1 N–H and O–H groups in total. The molecule has 2 aromatic carbocycles. The molecule has 1 aliphatic rings. The van der Waals surface area contributed by atoms with Gasteiger partial charge in [0.25, 0.3) is 0 Å². The first kappa shape index (κ1) is 22.6. The minimum absolute atomic E-state index is 0.273. The van der Waals surface area contributed by atoms with E-state index in [1.54, 1.807) is 30.3 Å². The Hall–Kier alpha value is -3.04. The minimum atomic E-state index is -1.35. The van der Waals surface area contributed by atoms with Crippen LogP contribution in [0, 0.1) is 0 Å². The SMILES string of the molecule is CC(=O)O[C@@H]1[C@@H](N=[N+]=[N-])[C@H](O)[C@@H](COC(=O)c2ccccc2)O[C@H]1Sc1ccccc1. The number of ether oxygens (including phenoxy) is 3. The van der Waals surface area contributed by atoms with Crippen LogP contribution in [0.5, 0.6) is 0 Å². The Balaban J connectivity index is 1.80. The lowest BCUT2D eigenvalue weighted by Gasteiger charge is -2.42. The molecular formula is C21H21N3O6S. The molecule has 0 unspecified atom stereocenters. The van der Waals surface area contributed by atoms with E-state index < -0.39 is 41.7 Å². The van der Waals surface area contributed by atoms with Crippen molar-refractivity contribution < 1.29 is 28.9 Å². The fourth-order valence-corrected chi connectivity index (χ4v) is 4.23. The molecular weight excluding hydrogens is 422 g/mol. The second-order valence-corrected chi connectivity index (χ2v) is 7.87. The predicted octanol–water partition coefficient (Wildman–Crippen LogP) is 3.33. The van der Waals surface area contributed by atoms with Crippen LogP contribution in [0.3, 0.4) is 0 Å². The molecule has 3 rings (SSSR count). The Kier molecular flexibility index (Phi) is 7.91. The van der Waals surface area contributed by atoms with Gasteiger partial charge in [0.1, 0.15) is 30.3 Å². The molecule has 5 atom stereocenters. The van der Waals surface area contributed by atoms with Crippen molar-refractivity contribution in [3.8, 4) is 0 Å². The molecule has 0 saturated carbocycles. The van der Waals surface area contributed by atoms with Gasteiger partial charge in [-0.2, -0.15) is 0 Å². The molecule has 0 bridgehead atoms. The van der Waals surface area contributed by atoms with Gasteiger partial charge in [-0.25, -0.2) is 4.79 Å². The van der Waals surface area contributed by atoms with E-state index >= 15 is 0 Å². The number of nitrogens with zero attached hydrogens (tertiary/aromatic N) is 3. The summed E-state index contributed by atoms with van der Waals surface area (Å²) in [6.07, 6.45) is -3.37. The van der Waals surface area contributed by atoms with Crippen LogP contribution in [0.25, 0.3) is 10.4 Å². The molecule has 0 amide bonds. The first-order valence-corrected chi connectivity index (χ1v) is 10.4. The molecule has 0 aromatic heterocycles. The Morgan fingerprint density at radius 2 is 1.81 bits per heavy atom. The molecule has 1 heterocycles. The first-order chi connectivity index (χ1) is 15.0. The summed E-state index contributed by atoms with van der Waals surface area (Å²) in [7, 11) is 0. The second kappa shape index (κ2) is 10.8. The average Bonchev–Trinajstić information content (AvgIpc) is 2.78. The number of rotatable bonds is 7. The number of carbonyl (C=O) groups is 2. The summed E-state index contributed by atoms with van der Waals surface area (Å²) in [5, 5.41) is 14.4. The highest BCUT2D eigenvalue weighted by Gasteiger charge is 2.47. The van der Waals surface area contributed by atoms with Crippen LogP contribution in [0.2, 0.25) is 0 Å². The fraction of sp³-hybridized carbons (Fsp3) is 0.333. The number of carbonyl (C=O) groups excluding carboxylic acids is 2. The molecule has 1 fully saturated rings. The van der Waals surface area contributed by atoms with Crippen molar-refractivity contribution in [1.82, 2.24) is 0 Å². The molecule has 9 nitrogen and oxygen atoms in total. The van der Waals surface area contributed by atoms with E-state index in [-0.39, 0.29) is 6.61 Å². The standard InChI is InChI=1S/C21H21N3O6S/c1-13(25)29-19-17(23-24-22)18(26)16(12-28-20(27)14-8-4-2-5-9-14)30-21(19)31-15-10-6-3-7-11-15/h2-11,16-19,21,26H,12H2,1H3/t16-,17+,18-,19-,21+/m1/s1. The van der Waals surface area contributed by atoms with Gasteiger partial charge in [0, 0.05) is 16.7 Å². The van der Waals surface area contributed by atoms with Crippen molar-refractivity contribution in [3.63, 3.8) is 0 Å². The lowest BCUT2D eigenvalue weighted by molar-refractivity contribution is -0.184. The van der Waals surface area contributed by atoms with Crippen LogP contribution in [0.15, 0.2) is 70.7 Å². The van der Waals surface area contributed by atoms with Crippen LogP contribution in [0.4, 0.5) is 0 Å². The topological polar surface area (TPSA) is 131 Å². The summed E-state index contributed by atoms with van der Waals surface area (Å²) < 4.78 is 16.6. The Bertz CT molecular complexity index is 939. The first-order valence-electron chi connectivity index (χ1n) is 9.48. The molecule has 1 saturated heterocycles. The van der Waals surface area contributed by atoms with Crippen LogP contribution in [0.1, 0.15) is 17.3 Å². The number of aliphatic hydroxyl groups is 1. The zero-order valence-electron chi connectivity index (χ0n) is 16.6. The lowest BCUT2D eigenvalue weighted by Crippen LogP contribution is -2.58. The van der Waals surface area contributed by atoms with Gasteiger partial charge in [0.15, 0.2) is 0 Å². The minimum Gasteiger partial charge on any atom is -0.459 e. The van der Waals surface area contributed by atoms with Crippen LogP contribution < -0.4 is 0 Å². The van der Waals surface area contributed by atoms with Gasteiger partial charge in [0.05, 0.1) is 11.7 Å². The molecule has 1 aliphatic heterocycles. The van der Waals surface area contributed by atoms with E-state index in [2.05, 4.69) is 10.0 Å². The quantitative estimate of drug-likeness (QED) is 0.300. The van der Waals surface area contributed by atoms with E-state index in [4.69, 9.17) is 19.7 Å². The lowest BCUT2D eigenvalue weighted by atomic mass is 9.98. The van der Waals surface area contributed by atoms with Gasteiger partial charge in [0.2, 0.25) is 0 Å². The molecule has 0 spiro atoms. The van der Waals surface area contributed by atoms with Crippen molar-refractivity contribution >= 4 is 23.7 Å². The summed E-state index contributed by atoms with van der Waals surface area (Å²) in [6.45, 7) is 0.947. The fourth-order valence-electron chi connectivity index (χ4n) is 3.10. The van der Waals surface area contributed by atoms with Crippen molar-refractivity contribution in [1.29, 1.82) is 0 Å². The third-order valence-electron chi connectivity index (χ3n) is 4.52. The Labute approximate surface area is 182 Å². The maximum atomic E-state index is 12.3. The molecule has 31 heavy (non-hydrogen) atoms. The smallest absolute Gasteiger partial charge is 0.338 e. The van der Waals surface area contributed by atoms with Gasteiger partial charge < -0.3 is 19.3 Å². The van der Waals surface area contributed by atoms with E-state index in [9.17, 15) is 14.7 Å². The maximum absolute atomic E-state index is 12.3. The van der Waals surface area contributed by atoms with Gasteiger partial charge in [-0.15, -0.1) is 0 Å². The molecule has 10 heteroatoms. The van der Waals surface area contributed by atoms with E-state index in [0.717, 1.165) is 4.90 Å². The summed E-state index contributed by atoms with van der Waals surface area (Å²) >= 11 is 1.25. The number of esters is 2. The number of hydrogen-bond donors (Lipinski definition) is 1. The van der Waals surface area contributed by atoms with E-state index in [0.29, 0.717) is 5.56 Å². The van der Waals surface area contributed by atoms with Gasteiger partial charge >= 0.3 is 11.9 Å². The Morgan fingerprint density at radius 3 is 2.42 bits per heavy atom. The highest BCUT2D eigenvalue weighted by molar-refractivity contribution is 7.99. The summed E-state index contributed by atoms with van der Waals surface area (Å²) in [4.78, 5) is 27.5. The average molecular weight is 443 g/mol. The third kappa shape index (κ3) is 5.99. The predicted molar refractivity (Wildman–Crippen MR) is 112 cm³/mol. The second-order valence-electron chi connectivity index (χ2n) is 6.70. The zero-order chi connectivity index (χ0) is 22.2. The van der Waals surface area contributed by atoms with E-state index in [1.165, 1.54) is 18.7 Å². The summed E-state index contributed by atoms with van der Waals surface area (Å²) in [5.74, 6) is -1.18. The number of hydrogen-bond acceptors (Lipinski definition) is 8. The highest BCUT2D eigenvalue weighted by Crippen LogP contribution is 2.36. The van der Waals surface area contributed by atoms with Gasteiger partial charge in [-0.3, -0.25) is 4.79 Å². The Morgan fingerprint density at radius 1 is 1.16 bits per heavy atom. The molecule has 162 valence electrons. The largest absolute Gasteiger partial charge is 0.459 e.